The fourth-order valence-corrected chi connectivity index (χ4v) is 3.73. The van der Waals surface area contributed by atoms with Crippen LogP contribution in [0.15, 0.2) is 22.7 Å². The average Bonchev–Trinajstić information content (AvgIpc) is 3.00. The number of aromatic amines is 1. The molecular weight excluding hydrogens is 446 g/mol. The van der Waals surface area contributed by atoms with Gasteiger partial charge >= 0.3 is 0 Å². The first kappa shape index (κ1) is 20.7. The smallest absolute Gasteiger partial charge is 0.267 e. The van der Waals surface area contributed by atoms with E-state index in [1.54, 1.807) is 32.3 Å². The van der Waals surface area contributed by atoms with Crippen molar-refractivity contribution in [3.8, 4) is 0 Å². The van der Waals surface area contributed by atoms with Crippen molar-refractivity contribution >= 4 is 45.2 Å². The topological polar surface area (TPSA) is 81.3 Å². The second-order valence-corrected chi connectivity index (χ2v) is 8.37. The lowest BCUT2D eigenvalue weighted by Crippen LogP contribution is -2.45. The molecule has 0 radical (unpaired) electrons. The summed E-state index contributed by atoms with van der Waals surface area (Å²) in [6.07, 6.45) is 1.58. The molecule has 2 aromatic heterocycles. The molecule has 9 heteroatoms. The van der Waals surface area contributed by atoms with Crippen LogP contribution in [0, 0.1) is 6.92 Å². The summed E-state index contributed by atoms with van der Waals surface area (Å²) in [5.41, 5.74) is 1.99. The minimum atomic E-state index is -0.111. The normalized spacial score (nSPS) is 14.8. The van der Waals surface area contributed by atoms with E-state index in [0.29, 0.717) is 22.2 Å². The van der Waals surface area contributed by atoms with Crippen LogP contribution in [0.4, 0.5) is 5.82 Å². The molecule has 0 aromatic carbocycles. The molecule has 150 valence electrons. The average molecular weight is 469 g/mol. The molecule has 0 spiro atoms. The van der Waals surface area contributed by atoms with Gasteiger partial charge in [0.15, 0.2) is 0 Å². The van der Waals surface area contributed by atoms with E-state index in [1.165, 1.54) is 4.90 Å². The van der Waals surface area contributed by atoms with Crippen molar-refractivity contribution in [3.05, 3.63) is 44.8 Å². The maximum Gasteiger partial charge on any atom is 0.267 e. The number of halogens is 2. The number of rotatable bonds is 4. The number of hydrogen-bond acceptors (Lipinski definition) is 4. The van der Waals surface area contributed by atoms with Crippen LogP contribution in [-0.2, 0) is 0 Å². The number of nitrogens with zero attached hydrogens (tertiary/aromatic N) is 3. The van der Waals surface area contributed by atoms with Crippen LogP contribution in [0.2, 0.25) is 5.15 Å². The Labute approximate surface area is 177 Å². The predicted molar refractivity (Wildman–Crippen MR) is 113 cm³/mol. The Morgan fingerprint density at radius 1 is 1.29 bits per heavy atom. The summed E-state index contributed by atoms with van der Waals surface area (Å²) in [7, 11) is 3.41. The van der Waals surface area contributed by atoms with Crippen LogP contribution in [0.25, 0.3) is 0 Å². The molecule has 2 N–H and O–H groups in total. The molecule has 1 aliphatic rings. The Morgan fingerprint density at radius 3 is 2.54 bits per heavy atom. The zero-order valence-electron chi connectivity index (χ0n) is 16.1. The number of piperidine rings is 1. The number of hydrogen-bond donors (Lipinski definition) is 2. The minimum Gasteiger partial charge on any atom is -0.356 e. The Kier molecular flexibility index (Phi) is 6.30. The molecule has 7 nitrogen and oxygen atoms in total. The first-order valence-corrected chi connectivity index (χ1v) is 10.2. The summed E-state index contributed by atoms with van der Waals surface area (Å²) < 4.78 is 0.891. The SMILES string of the molecule is Cc1[nH]c(C(=O)NC2CCN(c3cc(C(=O)N(C)C)cc(Cl)n3)CC2)cc1Br. The molecule has 2 aromatic rings. The molecule has 1 aliphatic heterocycles. The van der Waals surface area contributed by atoms with Gasteiger partial charge in [0.25, 0.3) is 11.8 Å². The van der Waals surface area contributed by atoms with Crippen LogP contribution in [0.3, 0.4) is 0 Å². The van der Waals surface area contributed by atoms with Crippen molar-refractivity contribution in [3.63, 3.8) is 0 Å². The number of carbonyl (C=O) groups excluding carboxylic acids is 2. The second-order valence-electron chi connectivity index (χ2n) is 7.13. The van der Waals surface area contributed by atoms with Crippen LogP contribution in [0.5, 0.6) is 0 Å². The molecule has 0 aliphatic carbocycles. The zero-order valence-corrected chi connectivity index (χ0v) is 18.4. The largest absolute Gasteiger partial charge is 0.356 e. The molecule has 3 heterocycles. The van der Waals surface area contributed by atoms with Crippen molar-refractivity contribution < 1.29 is 9.59 Å². The number of carbonyl (C=O) groups is 2. The van der Waals surface area contributed by atoms with Gasteiger partial charge in [-0.05, 0) is 53.9 Å². The number of aryl methyl sites for hydroxylation is 1. The lowest BCUT2D eigenvalue weighted by molar-refractivity contribution is 0.0827. The third kappa shape index (κ3) is 4.67. The second kappa shape index (κ2) is 8.53. The maximum absolute atomic E-state index is 12.4. The third-order valence-electron chi connectivity index (χ3n) is 4.78. The predicted octanol–water partition coefficient (Wildman–Crippen LogP) is 3.23. The lowest BCUT2D eigenvalue weighted by atomic mass is 10.0. The summed E-state index contributed by atoms with van der Waals surface area (Å²) in [5, 5.41) is 3.38. The van der Waals surface area contributed by atoms with Crippen LogP contribution in [0.1, 0.15) is 39.4 Å². The molecular formula is C19H23BrClN5O2. The fourth-order valence-electron chi connectivity index (χ4n) is 3.20. The fraction of sp³-hybridized carbons (Fsp3) is 0.421. The van der Waals surface area contributed by atoms with E-state index >= 15 is 0 Å². The summed E-state index contributed by atoms with van der Waals surface area (Å²) in [4.78, 5) is 35.7. The quantitative estimate of drug-likeness (QED) is 0.675. The van der Waals surface area contributed by atoms with Crippen LogP contribution in [-0.4, -0.2) is 59.9 Å². The van der Waals surface area contributed by atoms with Crippen molar-refractivity contribution in [1.82, 2.24) is 20.2 Å². The molecule has 1 saturated heterocycles. The highest BCUT2D eigenvalue weighted by molar-refractivity contribution is 9.10. The Hall–Kier alpha value is -2.06. The summed E-state index contributed by atoms with van der Waals surface area (Å²) in [6.45, 7) is 3.36. The maximum atomic E-state index is 12.4. The van der Waals surface area contributed by atoms with E-state index in [-0.39, 0.29) is 17.9 Å². The van der Waals surface area contributed by atoms with Crippen molar-refractivity contribution in [2.45, 2.75) is 25.8 Å². The van der Waals surface area contributed by atoms with Gasteiger partial charge in [0.05, 0.1) is 0 Å². The van der Waals surface area contributed by atoms with Crippen molar-refractivity contribution in [1.29, 1.82) is 0 Å². The Morgan fingerprint density at radius 2 is 1.96 bits per heavy atom. The third-order valence-corrected chi connectivity index (χ3v) is 5.80. The zero-order chi connectivity index (χ0) is 20.4. The first-order valence-electron chi connectivity index (χ1n) is 9.04. The van der Waals surface area contributed by atoms with Crippen molar-refractivity contribution in [2.24, 2.45) is 0 Å². The standard InChI is InChI=1S/C19H23BrClN5O2/c1-11-14(20)10-15(22-11)18(27)23-13-4-6-26(7-5-13)17-9-12(8-16(21)24-17)19(28)25(2)3/h8-10,13,22H,4-7H2,1-3H3,(H,23,27). The van der Waals surface area contributed by atoms with Gasteiger partial charge in [-0.2, -0.15) is 0 Å². The van der Waals surface area contributed by atoms with Crippen LogP contribution < -0.4 is 10.2 Å². The van der Waals surface area contributed by atoms with E-state index in [1.807, 2.05) is 6.92 Å². The molecule has 3 rings (SSSR count). The van der Waals surface area contributed by atoms with Crippen molar-refractivity contribution in [2.75, 3.05) is 32.1 Å². The molecule has 28 heavy (non-hydrogen) atoms. The number of aromatic nitrogens is 2. The van der Waals surface area contributed by atoms with Crippen LogP contribution >= 0.6 is 27.5 Å². The number of H-pyrrole nitrogens is 1. The highest BCUT2D eigenvalue weighted by Gasteiger charge is 2.24. The van der Waals surface area contributed by atoms with Gasteiger partial charge in [-0.25, -0.2) is 4.98 Å². The van der Waals surface area contributed by atoms with Gasteiger partial charge in [0, 0.05) is 49.0 Å². The van der Waals surface area contributed by atoms with Gasteiger partial charge < -0.3 is 20.1 Å². The Balaban J connectivity index is 1.62. The van der Waals surface area contributed by atoms with Gasteiger partial charge in [0.2, 0.25) is 0 Å². The lowest BCUT2D eigenvalue weighted by Gasteiger charge is -2.33. The molecule has 0 unspecified atom stereocenters. The van der Waals surface area contributed by atoms with Gasteiger partial charge in [-0.1, -0.05) is 11.6 Å². The summed E-state index contributed by atoms with van der Waals surface area (Å²) in [6, 6.07) is 5.23. The molecule has 0 bridgehead atoms. The Bertz CT molecular complexity index is 871. The highest BCUT2D eigenvalue weighted by atomic mass is 79.9. The first-order chi connectivity index (χ1) is 13.2. The van der Waals surface area contributed by atoms with E-state index < -0.39 is 0 Å². The minimum absolute atomic E-state index is 0.0909. The van der Waals surface area contributed by atoms with E-state index in [4.69, 9.17) is 11.6 Å². The summed E-state index contributed by atoms with van der Waals surface area (Å²) >= 11 is 9.54. The summed E-state index contributed by atoms with van der Waals surface area (Å²) in [5.74, 6) is 0.471. The molecule has 1 fully saturated rings. The number of pyridine rings is 1. The highest BCUT2D eigenvalue weighted by Crippen LogP contribution is 2.23. The molecule has 0 saturated carbocycles. The van der Waals surface area contributed by atoms with E-state index in [0.717, 1.165) is 36.1 Å². The number of anilines is 1. The van der Waals surface area contributed by atoms with Gasteiger partial charge in [-0.15, -0.1) is 0 Å². The molecule has 0 atom stereocenters. The number of nitrogens with one attached hydrogen (secondary N) is 2. The van der Waals surface area contributed by atoms with Gasteiger partial charge in [0.1, 0.15) is 16.7 Å². The van der Waals surface area contributed by atoms with E-state index in [9.17, 15) is 9.59 Å². The molecule has 2 amide bonds. The monoisotopic (exact) mass is 467 g/mol. The van der Waals surface area contributed by atoms with Gasteiger partial charge in [-0.3, -0.25) is 9.59 Å². The van der Waals surface area contributed by atoms with E-state index in [2.05, 4.69) is 36.1 Å². The number of amides is 2.